The Kier molecular flexibility index (Phi) is 5.17. The molecule has 0 atom stereocenters. The molecule has 0 spiro atoms. The van der Waals surface area contributed by atoms with Crippen molar-refractivity contribution < 1.29 is 14.4 Å². The van der Waals surface area contributed by atoms with Gasteiger partial charge in [0.15, 0.2) is 0 Å². The number of carbonyl (C=O) groups excluding carboxylic acids is 3. The summed E-state index contributed by atoms with van der Waals surface area (Å²) in [6, 6.07) is 6.99. The minimum atomic E-state index is -0.488. The number of fused-ring (bicyclic) bond motifs is 1. The Morgan fingerprint density at radius 1 is 1.00 bits per heavy atom. The third-order valence-electron chi connectivity index (χ3n) is 5.41. The molecule has 0 unspecified atom stereocenters. The Morgan fingerprint density at radius 3 is 2.43 bits per heavy atom. The molecule has 0 radical (unpaired) electrons. The van der Waals surface area contributed by atoms with E-state index in [4.69, 9.17) is 5.73 Å². The Balaban J connectivity index is 1.55. The number of nitrogens with two attached hydrogens (primary N) is 1. The number of hydrogen-bond acceptors (Lipinski definition) is 4. The van der Waals surface area contributed by atoms with Crippen LogP contribution in [0.1, 0.15) is 63.3 Å². The van der Waals surface area contributed by atoms with Crippen molar-refractivity contribution in [3.8, 4) is 0 Å². The first-order valence-electron chi connectivity index (χ1n) is 9.70. The lowest BCUT2D eigenvalue weighted by Gasteiger charge is -2.15. The number of hydrogen-bond donors (Lipinski definition) is 2. The highest BCUT2D eigenvalue weighted by atomic mass is 32.1. The van der Waals surface area contributed by atoms with Gasteiger partial charge in [0.1, 0.15) is 5.00 Å². The fourth-order valence-electron chi connectivity index (χ4n) is 3.98. The molecule has 6 nitrogen and oxygen atoms in total. The number of benzene rings is 1. The van der Waals surface area contributed by atoms with Crippen molar-refractivity contribution in [1.82, 2.24) is 0 Å². The van der Waals surface area contributed by atoms with Crippen LogP contribution >= 0.6 is 11.3 Å². The maximum Gasteiger partial charge on any atom is 0.256 e. The van der Waals surface area contributed by atoms with Gasteiger partial charge in [-0.05, 0) is 61.9 Å². The number of nitrogens with one attached hydrogen (secondary N) is 1. The molecule has 3 N–H and O–H groups in total. The van der Waals surface area contributed by atoms with Crippen LogP contribution in [0.3, 0.4) is 0 Å². The second-order valence-corrected chi connectivity index (χ2v) is 8.39. The van der Waals surface area contributed by atoms with Crippen LogP contribution in [-0.4, -0.2) is 24.3 Å². The average Bonchev–Trinajstić information content (AvgIpc) is 3.18. The summed E-state index contributed by atoms with van der Waals surface area (Å²) in [5.41, 5.74) is 8.39. The summed E-state index contributed by atoms with van der Waals surface area (Å²) in [6.07, 6.45) is 6.46. The predicted octanol–water partition coefficient (Wildman–Crippen LogP) is 3.50. The van der Waals surface area contributed by atoms with Crippen molar-refractivity contribution in [2.75, 3.05) is 16.8 Å². The number of nitrogens with zero attached hydrogens (tertiary/aromatic N) is 1. The van der Waals surface area contributed by atoms with Gasteiger partial charge in [-0.15, -0.1) is 11.3 Å². The lowest BCUT2D eigenvalue weighted by atomic mass is 10.1. The summed E-state index contributed by atoms with van der Waals surface area (Å²) < 4.78 is 0. The number of carbonyl (C=O) groups is 3. The van der Waals surface area contributed by atoms with Crippen LogP contribution < -0.4 is 16.0 Å². The summed E-state index contributed by atoms with van der Waals surface area (Å²) in [4.78, 5) is 39.5. The Morgan fingerprint density at radius 2 is 1.75 bits per heavy atom. The topological polar surface area (TPSA) is 92.5 Å². The fourth-order valence-corrected chi connectivity index (χ4v) is 5.27. The van der Waals surface area contributed by atoms with Gasteiger partial charge in [-0.3, -0.25) is 14.4 Å². The van der Waals surface area contributed by atoms with Crippen LogP contribution in [0.2, 0.25) is 0 Å². The average molecular weight is 398 g/mol. The van der Waals surface area contributed by atoms with Crippen molar-refractivity contribution in [3.63, 3.8) is 0 Å². The molecule has 7 heteroatoms. The van der Waals surface area contributed by atoms with Crippen LogP contribution in [0, 0.1) is 0 Å². The number of aryl methyl sites for hydroxylation is 1. The largest absolute Gasteiger partial charge is 0.365 e. The van der Waals surface area contributed by atoms with E-state index < -0.39 is 5.91 Å². The summed E-state index contributed by atoms with van der Waals surface area (Å²) >= 11 is 1.46. The van der Waals surface area contributed by atoms with E-state index in [-0.39, 0.29) is 11.8 Å². The van der Waals surface area contributed by atoms with Gasteiger partial charge < -0.3 is 16.0 Å². The Bertz CT molecular complexity index is 933. The molecule has 1 aliphatic carbocycles. The quantitative estimate of drug-likeness (QED) is 0.774. The fraction of sp³-hybridized carbons (Fsp3) is 0.381. The molecule has 146 valence electrons. The van der Waals surface area contributed by atoms with E-state index in [1.807, 2.05) is 0 Å². The van der Waals surface area contributed by atoms with E-state index in [2.05, 4.69) is 5.32 Å². The maximum atomic E-state index is 12.7. The van der Waals surface area contributed by atoms with Gasteiger partial charge in [-0.25, -0.2) is 0 Å². The summed E-state index contributed by atoms with van der Waals surface area (Å²) in [7, 11) is 0. The van der Waals surface area contributed by atoms with Gasteiger partial charge in [-0.2, -0.15) is 0 Å². The highest BCUT2D eigenvalue weighted by molar-refractivity contribution is 7.17. The van der Waals surface area contributed by atoms with Gasteiger partial charge in [0.05, 0.1) is 5.56 Å². The molecule has 1 aromatic heterocycles. The van der Waals surface area contributed by atoms with Crippen molar-refractivity contribution in [2.24, 2.45) is 5.73 Å². The zero-order valence-corrected chi connectivity index (χ0v) is 16.4. The van der Waals surface area contributed by atoms with E-state index in [0.29, 0.717) is 29.1 Å². The Hall–Kier alpha value is -2.67. The maximum absolute atomic E-state index is 12.7. The first kappa shape index (κ1) is 18.7. The third-order valence-corrected chi connectivity index (χ3v) is 6.62. The Labute approximate surface area is 167 Å². The number of primary amides is 1. The van der Waals surface area contributed by atoms with Gasteiger partial charge in [0.2, 0.25) is 5.91 Å². The zero-order valence-electron chi connectivity index (χ0n) is 15.6. The number of amides is 3. The number of anilines is 2. The van der Waals surface area contributed by atoms with E-state index in [1.165, 1.54) is 11.3 Å². The second-order valence-electron chi connectivity index (χ2n) is 7.28. The minimum Gasteiger partial charge on any atom is -0.365 e. The highest BCUT2D eigenvalue weighted by Gasteiger charge is 2.25. The van der Waals surface area contributed by atoms with Gasteiger partial charge >= 0.3 is 0 Å². The second kappa shape index (κ2) is 7.75. The smallest absolute Gasteiger partial charge is 0.256 e. The molecule has 1 fully saturated rings. The molecule has 1 saturated heterocycles. The van der Waals surface area contributed by atoms with Crippen LogP contribution in [0.5, 0.6) is 0 Å². The lowest BCUT2D eigenvalue weighted by Crippen LogP contribution is -2.23. The first-order chi connectivity index (χ1) is 13.5. The van der Waals surface area contributed by atoms with Crippen LogP contribution in [0.25, 0.3) is 0 Å². The molecule has 4 rings (SSSR count). The van der Waals surface area contributed by atoms with E-state index >= 15 is 0 Å². The molecule has 2 aromatic rings. The van der Waals surface area contributed by atoms with Crippen molar-refractivity contribution in [3.05, 3.63) is 45.8 Å². The van der Waals surface area contributed by atoms with Crippen molar-refractivity contribution in [2.45, 2.75) is 44.9 Å². The molecular formula is C21H23N3O3S. The standard InChI is InChI=1S/C21H23N3O3S/c22-19(26)18-15-5-2-1-3-6-16(15)28-21(18)23-20(27)13-8-10-14(11-9-13)24-12-4-7-17(24)25/h8-11H,1-7,12H2,(H2,22,26)(H,23,27). The molecule has 1 aliphatic heterocycles. The van der Waals surface area contributed by atoms with Crippen LogP contribution in [0.4, 0.5) is 10.7 Å². The zero-order chi connectivity index (χ0) is 19.7. The molecule has 28 heavy (non-hydrogen) atoms. The normalized spacial score (nSPS) is 16.6. The van der Waals surface area contributed by atoms with Gasteiger partial charge in [-0.1, -0.05) is 6.42 Å². The number of thiophene rings is 1. The molecule has 1 aromatic carbocycles. The summed E-state index contributed by atoms with van der Waals surface area (Å²) in [5, 5.41) is 3.43. The van der Waals surface area contributed by atoms with E-state index in [0.717, 1.165) is 54.7 Å². The van der Waals surface area contributed by atoms with Crippen molar-refractivity contribution in [1.29, 1.82) is 0 Å². The van der Waals surface area contributed by atoms with Gasteiger partial charge in [0, 0.05) is 29.1 Å². The van der Waals surface area contributed by atoms with E-state index in [9.17, 15) is 14.4 Å². The first-order valence-corrected chi connectivity index (χ1v) is 10.5. The highest BCUT2D eigenvalue weighted by Crippen LogP contribution is 2.37. The van der Waals surface area contributed by atoms with Crippen molar-refractivity contribution >= 4 is 39.7 Å². The number of rotatable bonds is 4. The minimum absolute atomic E-state index is 0.114. The molecule has 2 aliphatic rings. The molecule has 0 saturated carbocycles. The van der Waals surface area contributed by atoms with Gasteiger partial charge in [0.25, 0.3) is 11.8 Å². The van der Waals surface area contributed by atoms with E-state index in [1.54, 1.807) is 29.2 Å². The third kappa shape index (κ3) is 3.54. The molecule has 3 amide bonds. The molecule has 2 heterocycles. The summed E-state index contributed by atoms with van der Waals surface area (Å²) in [5.74, 6) is -0.654. The molecular weight excluding hydrogens is 374 g/mol. The molecule has 0 bridgehead atoms. The summed E-state index contributed by atoms with van der Waals surface area (Å²) in [6.45, 7) is 0.715. The van der Waals surface area contributed by atoms with Crippen LogP contribution in [0.15, 0.2) is 24.3 Å². The predicted molar refractivity (Wildman–Crippen MR) is 110 cm³/mol. The SMILES string of the molecule is NC(=O)c1c(NC(=O)c2ccc(N3CCCC3=O)cc2)sc2c1CCCCC2. The monoisotopic (exact) mass is 397 g/mol. The lowest BCUT2D eigenvalue weighted by molar-refractivity contribution is -0.117. The van der Waals surface area contributed by atoms with Crippen LogP contribution in [-0.2, 0) is 17.6 Å².